The van der Waals surface area contributed by atoms with Crippen molar-refractivity contribution in [3.05, 3.63) is 45.6 Å². The van der Waals surface area contributed by atoms with E-state index in [-0.39, 0.29) is 11.1 Å². The molecule has 5 nitrogen and oxygen atoms in total. The Hall–Kier alpha value is -1.92. The highest BCUT2D eigenvalue weighted by Crippen LogP contribution is 2.24. The van der Waals surface area contributed by atoms with E-state index in [4.69, 9.17) is 5.84 Å². The van der Waals surface area contributed by atoms with E-state index in [0.717, 1.165) is 29.8 Å². The van der Waals surface area contributed by atoms with Crippen LogP contribution in [0.5, 0.6) is 0 Å². The van der Waals surface area contributed by atoms with Crippen molar-refractivity contribution in [2.45, 2.75) is 32.7 Å². The van der Waals surface area contributed by atoms with Gasteiger partial charge in [-0.2, -0.15) is 0 Å². The zero-order chi connectivity index (χ0) is 15.2. The fourth-order valence-corrected chi connectivity index (χ4v) is 2.97. The van der Waals surface area contributed by atoms with E-state index in [1.807, 2.05) is 29.0 Å². The summed E-state index contributed by atoms with van der Waals surface area (Å²) in [4.78, 5) is 25.2. The van der Waals surface area contributed by atoms with Crippen LogP contribution in [-0.2, 0) is 6.54 Å². The highest BCUT2D eigenvalue weighted by molar-refractivity contribution is 7.13. The molecule has 3 N–H and O–H groups in total. The number of thiophene rings is 1. The number of rotatable bonds is 6. The lowest BCUT2D eigenvalue weighted by atomic mass is 10.2. The van der Waals surface area contributed by atoms with Crippen LogP contribution in [0.1, 0.15) is 36.5 Å². The SMILES string of the molecule is CCCCCn1c(-c2cccs2)ccc(C(=O)NN)c1=O. The van der Waals surface area contributed by atoms with Crippen LogP contribution in [-0.4, -0.2) is 10.5 Å². The number of nitrogens with two attached hydrogens (primary N) is 1. The third-order valence-corrected chi connectivity index (χ3v) is 4.20. The van der Waals surface area contributed by atoms with Crippen LogP contribution in [0.4, 0.5) is 0 Å². The average Bonchev–Trinajstić information content (AvgIpc) is 3.02. The summed E-state index contributed by atoms with van der Waals surface area (Å²) in [6.45, 7) is 2.72. The maximum absolute atomic E-state index is 12.5. The second-order valence-electron chi connectivity index (χ2n) is 4.75. The van der Waals surface area contributed by atoms with Crippen LogP contribution < -0.4 is 16.8 Å². The van der Waals surface area contributed by atoms with Gasteiger partial charge < -0.3 is 4.57 Å². The van der Waals surface area contributed by atoms with Gasteiger partial charge in [0.05, 0.1) is 10.6 Å². The number of hydrogen-bond donors (Lipinski definition) is 2. The number of carbonyl (C=O) groups is 1. The van der Waals surface area contributed by atoms with E-state index >= 15 is 0 Å². The number of nitrogen functional groups attached to an aromatic ring is 1. The van der Waals surface area contributed by atoms with Crippen molar-refractivity contribution in [2.75, 3.05) is 0 Å². The Kier molecular flexibility index (Phi) is 5.30. The molecule has 21 heavy (non-hydrogen) atoms. The first-order valence-corrected chi connectivity index (χ1v) is 7.85. The smallest absolute Gasteiger partial charge is 0.270 e. The molecule has 0 bridgehead atoms. The molecule has 2 rings (SSSR count). The molecule has 0 aliphatic carbocycles. The van der Waals surface area contributed by atoms with Crippen molar-refractivity contribution < 1.29 is 4.79 Å². The van der Waals surface area contributed by atoms with E-state index in [9.17, 15) is 9.59 Å². The van der Waals surface area contributed by atoms with Gasteiger partial charge >= 0.3 is 0 Å². The predicted octanol–water partition coefficient (Wildman–Crippen LogP) is 2.37. The fraction of sp³-hybridized carbons (Fsp3) is 0.333. The van der Waals surface area contributed by atoms with Crippen molar-refractivity contribution >= 4 is 17.2 Å². The molecule has 0 atom stereocenters. The van der Waals surface area contributed by atoms with Crippen LogP contribution >= 0.6 is 11.3 Å². The minimum atomic E-state index is -0.554. The molecule has 2 aromatic rings. The highest BCUT2D eigenvalue weighted by Gasteiger charge is 2.15. The zero-order valence-corrected chi connectivity index (χ0v) is 12.8. The molecule has 0 unspecified atom stereocenters. The lowest BCUT2D eigenvalue weighted by molar-refractivity contribution is 0.0951. The van der Waals surface area contributed by atoms with E-state index in [2.05, 4.69) is 6.92 Å². The lowest BCUT2D eigenvalue weighted by Crippen LogP contribution is -2.36. The summed E-state index contributed by atoms with van der Waals surface area (Å²) in [6, 6.07) is 7.26. The molecule has 0 aliphatic rings. The lowest BCUT2D eigenvalue weighted by Gasteiger charge is -2.13. The number of carbonyl (C=O) groups excluding carboxylic acids is 1. The molecular weight excluding hydrogens is 286 g/mol. The number of aromatic nitrogens is 1. The van der Waals surface area contributed by atoms with Crippen LogP contribution in [0.2, 0.25) is 0 Å². The number of amides is 1. The minimum absolute atomic E-state index is 0.0781. The second-order valence-corrected chi connectivity index (χ2v) is 5.69. The van der Waals surface area contributed by atoms with Gasteiger partial charge in [-0.25, -0.2) is 5.84 Å². The van der Waals surface area contributed by atoms with Gasteiger partial charge in [0.2, 0.25) is 0 Å². The third-order valence-electron chi connectivity index (χ3n) is 3.31. The number of unbranched alkanes of at least 4 members (excludes halogenated alkanes) is 2. The second kappa shape index (κ2) is 7.19. The van der Waals surface area contributed by atoms with Gasteiger partial charge in [0, 0.05) is 6.54 Å². The first-order chi connectivity index (χ1) is 10.2. The number of nitrogens with zero attached hydrogens (tertiary/aromatic N) is 1. The molecule has 0 aromatic carbocycles. The minimum Gasteiger partial charge on any atom is -0.307 e. The van der Waals surface area contributed by atoms with Gasteiger partial charge in [0.25, 0.3) is 11.5 Å². The van der Waals surface area contributed by atoms with Gasteiger partial charge in [-0.3, -0.25) is 15.0 Å². The van der Waals surface area contributed by atoms with Gasteiger partial charge in [-0.05, 0) is 30.0 Å². The monoisotopic (exact) mass is 305 g/mol. The van der Waals surface area contributed by atoms with E-state index in [1.165, 1.54) is 6.07 Å². The maximum atomic E-state index is 12.5. The van der Waals surface area contributed by atoms with Crippen molar-refractivity contribution in [2.24, 2.45) is 5.84 Å². The van der Waals surface area contributed by atoms with Crippen molar-refractivity contribution in [1.82, 2.24) is 9.99 Å². The number of hydrazine groups is 1. The van der Waals surface area contributed by atoms with E-state index in [0.29, 0.717) is 6.54 Å². The molecule has 0 saturated carbocycles. The molecule has 0 radical (unpaired) electrons. The van der Waals surface area contributed by atoms with Crippen molar-refractivity contribution in [3.63, 3.8) is 0 Å². The molecule has 0 saturated heterocycles. The van der Waals surface area contributed by atoms with Gasteiger partial charge in [0.15, 0.2) is 0 Å². The van der Waals surface area contributed by atoms with Crippen molar-refractivity contribution in [3.8, 4) is 10.6 Å². The van der Waals surface area contributed by atoms with Gasteiger partial charge in [-0.15, -0.1) is 11.3 Å². The predicted molar refractivity (Wildman–Crippen MR) is 85.2 cm³/mol. The largest absolute Gasteiger partial charge is 0.307 e. The Balaban J connectivity index is 2.48. The Morgan fingerprint density at radius 2 is 2.14 bits per heavy atom. The number of hydrogen-bond acceptors (Lipinski definition) is 4. The molecule has 0 aliphatic heterocycles. The number of pyridine rings is 1. The summed E-state index contributed by atoms with van der Waals surface area (Å²) >= 11 is 1.57. The molecule has 6 heteroatoms. The third kappa shape index (κ3) is 3.40. The molecule has 2 heterocycles. The summed E-state index contributed by atoms with van der Waals surface area (Å²) in [5, 5.41) is 1.97. The Bertz CT molecular complexity index is 662. The summed E-state index contributed by atoms with van der Waals surface area (Å²) in [7, 11) is 0. The van der Waals surface area contributed by atoms with Crippen LogP contribution in [0.15, 0.2) is 34.4 Å². The Labute approximate surface area is 127 Å². The van der Waals surface area contributed by atoms with Gasteiger partial charge in [0.1, 0.15) is 5.56 Å². The number of nitrogens with one attached hydrogen (secondary N) is 1. The van der Waals surface area contributed by atoms with Crippen molar-refractivity contribution in [1.29, 1.82) is 0 Å². The Morgan fingerprint density at radius 3 is 2.76 bits per heavy atom. The topological polar surface area (TPSA) is 77.1 Å². The standard InChI is InChI=1S/C15H19N3O2S/c1-2-3-4-9-18-12(13-6-5-10-21-13)8-7-11(15(18)20)14(19)17-16/h5-8,10H,2-4,9,16H2,1H3,(H,17,19). The Morgan fingerprint density at radius 1 is 1.33 bits per heavy atom. The van der Waals surface area contributed by atoms with E-state index < -0.39 is 5.91 Å². The normalized spacial score (nSPS) is 10.6. The molecule has 0 spiro atoms. The fourth-order valence-electron chi connectivity index (χ4n) is 2.21. The summed E-state index contributed by atoms with van der Waals surface area (Å²) in [5.74, 6) is 4.58. The highest BCUT2D eigenvalue weighted by atomic mass is 32.1. The molecule has 1 amide bonds. The summed E-state index contributed by atoms with van der Waals surface area (Å²) in [6.07, 6.45) is 3.03. The van der Waals surface area contributed by atoms with Crippen LogP contribution in [0, 0.1) is 0 Å². The van der Waals surface area contributed by atoms with Crippen LogP contribution in [0.25, 0.3) is 10.6 Å². The zero-order valence-electron chi connectivity index (χ0n) is 12.0. The van der Waals surface area contributed by atoms with Gasteiger partial charge in [-0.1, -0.05) is 25.8 Å². The first kappa shape index (κ1) is 15.5. The summed E-state index contributed by atoms with van der Waals surface area (Å²) in [5.41, 5.74) is 2.65. The molecule has 112 valence electrons. The molecule has 0 fully saturated rings. The quantitative estimate of drug-likeness (QED) is 0.372. The van der Waals surface area contributed by atoms with E-state index in [1.54, 1.807) is 15.9 Å². The average molecular weight is 305 g/mol. The molecule has 2 aromatic heterocycles. The maximum Gasteiger partial charge on any atom is 0.270 e. The van der Waals surface area contributed by atoms with Crippen LogP contribution in [0.3, 0.4) is 0 Å². The summed E-state index contributed by atoms with van der Waals surface area (Å²) < 4.78 is 1.67. The first-order valence-electron chi connectivity index (χ1n) is 6.97. The molecular formula is C15H19N3O2S.